The first-order valence-electron chi connectivity index (χ1n) is 10.0. The number of rotatable bonds is 7. The van der Waals surface area contributed by atoms with Crippen LogP contribution in [0.4, 0.5) is 0 Å². The summed E-state index contributed by atoms with van der Waals surface area (Å²) in [6.45, 7) is -0.204. The second kappa shape index (κ2) is 9.45. The summed E-state index contributed by atoms with van der Waals surface area (Å²) in [6, 6.07) is 25.4. The van der Waals surface area contributed by atoms with Crippen molar-refractivity contribution in [2.24, 2.45) is 5.73 Å². The molecule has 1 aliphatic heterocycles. The van der Waals surface area contributed by atoms with Crippen LogP contribution < -0.4 is 21.1 Å². The number of carbonyl (C=O) groups excluding carboxylic acids is 2. The first kappa shape index (κ1) is 21.3. The fourth-order valence-electron chi connectivity index (χ4n) is 3.55. The van der Waals surface area contributed by atoms with Gasteiger partial charge in [-0.2, -0.15) is 0 Å². The minimum Gasteiger partial charge on any atom is -0.484 e. The third kappa shape index (κ3) is 4.68. The van der Waals surface area contributed by atoms with E-state index in [1.54, 1.807) is 24.3 Å². The second-order valence-corrected chi connectivity index (χ2v) is 7.61. The molecule has 6 nitrogen and oxygen atoms in total. The number of thiocarbonyl (C=S) groups is 1. The van der Waals surface area contributed by atoms with E-state index < -0.39 is 11.9 Å². The first-order valence-corrected chi connectivity index (χ1v) is 10.4. The zero-order chi connectivity index (χ0) is 22.5. The Hall–Kier alpha value is -3.97. The third-order valence-electron chi connectivity index (χ3n) is 5.01. The summed E-state index contributed by atoms with van der Waals surface area (Å²) >= 11 is 5.47. The Bertz CT molecular complexity index is 1180. The summed E-state index contributed by atoms with van der Waals surface area (Å²) in [5.74, 6) is -0.149. The van der Waals surface area contributed by atoms with Gasteiger partial charge in [0.2, 0.25) is 0 Å². The van der Waals surface area contributed by atoms with Crippen molar-refractivity contribution in [3.63, 3.8) is 0 Å². The highest BCUT2D eigenvalue weighted by atomic mass is 32.1. The molecule has 0 saturated heterocycles. The maximum absolute atomic E-state index is 13.7. The molecule has 1 heterocycles. The molecule has 0 unspecified atom stereocenters. The molecule has 4 N–H and O–H groups in total. The molecule has 0 fully saturated rings. The van der Waals surface area contributed by atoms with Gasteiger partial charge < -0.3 is 21.1 Å². The smallest absolute Gasteiger partial charge is 0.255 e. The Morgan fingerprint density at radius 2 is 1.53 bits per heavy atom. The number of hydrogen-bond donors (Lipinski definition) is 3. The average Bonchev–Trinajstić information content (AvgIpc) is 2.83. The Kier molecular flexibility index (Phi) is 6.28. The van der Waals surface area contributed by atoms with E-state index in [0.717, 1.165) is 11.1 Å². The van der Waals surface area contributed by atoms with Crippen LogP contribution in [0, 0.1) is 0 Å². The lowest BCUT2D eigenvalue weighted by atomic mass is 9.87. The molecular weight excluding hydrogens is 422 g/mol. The van der Waals surface area contributed by atoms with Crippen LogP contribution in [-0.2, 0) is 4.79 Å². The van der Waals surface area contributed by atoms with E-state index in [0.29, 0.717) is 27.7 Å². The van der Waals surface area contributed by atoms with Gasteiger partial charge in [-0.25, -0.2) is 0 Å². The van der Waals surface area contributed by atoms with Crippen LogP contribution in [0.3, 0.4) is 0 Å². The maximum atomic E-state index is 13.7. The molecule has 7 heteroatoms. The van der Waals surface area contributed by atoms with Crippen LogP contribution in [0.15, 0.2) is 90.5 Å². The number of ether oxygens (including phenoxy) is 1. The minimum atomic E-state index is -0.550. The number of nitrogens with one attached hydrogen (secondary N) is 2. The van der Waals surface area contributed by atoms with Crippen LogP contribution in [0.5, 0.6) is 5.75 Å². The largest absolute Gasteiger partial charge is 0.484 e. The zero-order valence-corrected chi connectivity index (χ0v) is 17.9. The van der Waals surface area contributed by atoms with Crippen molar-refractivity contribution in [1.29, 1.82) is 0 Å². The predicted molar refractivity (Wildman–Crippen MR) is 127 cm³/mol. The summed E-state index contributed by atoms with van der Waals surface area (Å²) in [4.78, 5) is 24.6. The van der Waals surface area contributed by atoms with Crippen LogP contribution in [0.1, 0.15) is 27.5 Å². The lowest BCUT2D eigenvalue weighted by Gasteiger charge is -2.32. The van der Waals surface area contributed by atoms with Gasteiger partial charge in [0.15, 0.2) is 17.5 Å². The monoisotopic (exact) mass is 443 g/mol. The van der Waals surface area contributed by atoms with Gasteiger partial charge in [-0.05, 0) is 35.5 Å². The summed E-state index contributed by atoms with van der Waals surface area (Å²) in [5.41, 5.74) is 8.64. The summed E-state index contributed by atoms with van der Waals surface area (Å²) in [7, 11) is 0. The van der Waals surface area contributed by atoms with Crippen molar-refractivity contribution < 1.29 is 14.3 Å². The minimum absolute atomic E-state index is 0.106. The van der Waals surface area contributed by atoms with E-state index in [1.807, 2.05) is 60.7 Å². The zero-order valence-electron chi connectivity index (χ0n) is 17.1. The Balaban J connectivity index is 1.80. The number of carbonyl (C=O) groups is 2. The number of Topliss-reactive ketones (excluding diaryl/α,β-unsaturated/α-hetero) is 1. The maximum Gasteiger partial charge on any atom is 0.255 e. The molecule has 0 spiro atoms. The molecule has 160 valence electrons. The Labute approximate surface area is 191 Å². The van der Waals surface area contributed by atoms with E-state index >= 15 is 0 Å². The van der Waals surface area contributed by atoms with Gasteiger partial charge in [0.05, 0.1) is 17.3 Å². The molecule has 1 amide bonds. The third-order valence-corrected chi connectivity index (χ3v) is 5.23. The number of primary amides is 1. The predicted octanol–water partition coefficient (Wildman–Crippen LogP) is 3.36. The molecule has 0 aromatic heterocycles. The highest BCUT2D eigenvalue weighted by Gasteiger charge is 2.32. The lowest BCUT2D eigenvalue weighted by Crippen LogP contribution is -2.44. The fraction of sp³-hybridized carbons (Fsp3) is 0.0800. The van der Waals surface area contributed by atoms with Gasteiger partial charge in [0.25, 0.3) is 5.91 Å². The summed E-state index contributed by atoms with van der Waals surface area (Å²) in [6.07, 6.45) is 0. The number of hydrogen-bond acceptors (Lipinski definition) is 4. The number of ketones is 1. The number of nitrogens with two attached hydrogens (primary N) is 1. The van der Waals surface area contributed by atoms with E-state index in [-0.39, 0.29) is 12.4 Å². The van der Waals surface area contributed by atoms with E-state index in [2.05, 4.69) is 10.6 Å². The van der Waals surface area contributed by atoms with E-state index in [9.17, 15) is 9.59 Å². The van der Waals surface area contributed by atoms with Gasteiger partial charge in [-0.1, -0.05) is 72.8 Å². The number of amides is 1. The number of benzene rings is 3. The SMILES string of the molecule is NC(=O)COc1ccc([C@H]2NC(=S)NC(c3ccccc3)=C2C(=O)c2ccccc2)cc1. The van der Waals surface area contributed by atoms with Crippen LogP contribution in [-0.4, -0.2) is 23.4 Å². The molecule has 0 bridgehead atoms. The van der Waals surface area contributed by atoms with Crippen molar-refractivity contribution in [3.05, 3.63) is 107 Å². The standard InChI is InChI=1S/C25H21N3O3S/c26-20(29)15-31-19-13-11-17(12-14-19)23-21(24(30)18-9-5-2-6-10-18)22(27-25(32)28-23)16-7-3-1-4-8-16/h1-14,23H,15H2,(H2,26,29)(H2,27,28,32)/t23-/m1/s1. The molecule has 3 aromatic carbocycles. The Morgan fingerprint density at radius 1 is 0.906 bits per heavy atom. The highest BCUT2D eigenvalue weighted by Crippen LogP contribution is 2.34. The topological polar surface area (TPSA) is 93.5 Å². The van der Waals surface area contributed by atoms with Gasteiger partial charge in [0, 0.05) is 5.56 Å². The normalized spacial score (nSPS) is 15.5. The molecule has 4 rings (SSSR count). The fourth-order valence-corrected chi connectivity index (χ4v) is 3.77. The van der Waals surface area contributed by atoms with E-state index in [4.69, 9.17) is 22.7 Å². The molecule has 32 heavy (non-hydrogen) atoms. The highest BCUT2D eigenvalue weighted by molar-refractivity contribution is 7.80. The van der Waals surface area contributed by atoms with Crippen LogP contribution >= 0.6 is 12.2 Å². The van der Waals surface area contributed by atoms with Crippen molar-refractivity contribution in [2.45, 2.75) is 6.04 Å². The summed E-state index contributed by atoms with van der Waals surface area (Å²) in [5, 5.41) is 6.83. The van der Waals surface area contributed by atoms with Crippen molar-refractivity contribution in [3.8, 4) is 5.75 Å². The first-order chi connectivity index (χ1) is 15.5. The second-order valence-electron chi connectivity index (χ2n) is 7.21. The van der Waals surface area contributed by atoms with Gasteiger partial charge >= 0.3 is 0 Å². The van der Waals surface area contributed by atoms with Gasteiger partial charge in [0.1, 0.15) is 5.75 Å². The molecule has 0 aliphatic carbocycles. The van der Waals surface area contributed by atoms with E-state index in [1.165, 1.54) is 0 Å². The quantitative estimate of drug-likeness (QED) is 0.383. The Morgan fingerprint density at radius 3 is 2.16 bits per heavy atom. The van der Waals surface area contributed by atoms with Crippen LogP contribution in [0.2, 0.25) is 0 Å². The molecule has 1 aliphatic rings. The molecule has 0 radical (unpaired) electrons. The molecule has 0 saturated carbocycles. The summed E-state index contributed by atoms with van der Waals surface area (Å²) < 4.78 is 5.35. The van der Waals surface area contributed by atoms with Gasteiger partial charge in [-0.3, -0.25) is 9.59 Å². The molecule has 3 aromatic rings. The van der Waals surface area contributed by atoms with Crippen LogP contribution in [0.25, 0.3) is 5.70 Å². The molecule has 1 atom stereocenters. The lowest BCUT2D eigenvalue weighted by molar-refractivity contribution is -0.119. The molecular formula is C25H21N3O3S. The van der Waals surface area contributed by atoms with Crippen molar-refractivity contribution in [1.82, 2.24) is 10.6 Å². The van der Waals surface area contributed by atoms with Crippen molar-refractivity contribution >= 4 is 34.7 Å². The average molecular weight is 444 g/mol. The van der Waals surface area contributed by atoms with Crippen molar-refractivity contribution in [2.75, 3.05) is 6.61 Å². The van der Waals surface area contributed by atoms with Gasteiger partial charge in [-0.15, -0.1) is 0 Å².